The largest absolute Gasteiger partial charge is 0.468 e. The molecule has 1 atom stereocenters. The highest BCUT2D eigenvalue weighted by molar-refractivity contribution is 5.83. The van der Waals surface area contributed by atoms with Crippen LogP contribution in [0.2, 0.25) is 0 Å². The molecule has 2 aliphatic rings. The van der Waals surface area contributed by atoms with Crippen molar-refractivity contribution in [3.8, 4) is 0 Å². The minimum Gasteiger partial charge on any atom is -0.468 e. The Labute approximate surface area is 127 Å². The number of amides is 1. The third-order valence-electron chi connectivity index (χ3n) is 4.80. The van der Waals surface area contributed by atoms with Gasteiger partial charge in [-0.05, 0) is 39.5 Å². The molecule has 0 bridgehead atoms. The Morgan fingerprint density at radius 1 is 1.29 bits per heavy atom. The summed E-state index contributed by atoms with van der Waals surface area (Å²) in [5, 5.41) is 0. The standard InChI is InChI=1S/C16H28N2O3/c1-12(2)17-10-6-9-14(16(17)20)18(11-15(19)21-3)13-7-4-5-8-13/h12-14H,4-11H2,1-3H3. The molecule has 1 saturated heterocycles. The van der Waals surface area contributed by atoms with Gasteiger partial charge < -0.3 is 9.64 Å². The lowest BCUT2D eigenvalue weighted by molar-refractivity contribution is -0.149. The minimum absolute atomic E-state index is 0.150. The van der Waals surface area contributed by atoms with E-state index in [1.807, 2.05) is 4.90 Å². The Morgan fingerprint density at radius 2 is 1.95 bits per heavy atom. The second kappa shape index (κ2) is 7.25. The Balaban J connectivity index is 2.14. The Hall–Kier alpha value is -1.10. The van der Waals surface area contributed by atoms with E-state index in [-0.39, 0.29) is 30.5 Å². The number of methoxy groups -OCH3 is 1. The first-order valence-corrected chi connectivity index (χ1v) is 8.17. The van der Waals surface area contributed by atoms with E-state index in [4.69, 9.17) is 4.74 Å². The molecular weight excluding hydrogens is 268 g/mol. The highest BCUT2D eigenvalue weighted by Crippen LogP contribution is 2.29. The molecule has 1 unspecified atom stereocenters. The molecule has 21 heavy (non-hydrogen) atoms. The van der Waals surface area contributed by atoms with Gasteiger partial charge in [-0.15, -0.1) is 0 Å². The van der Waals surface area contributed by atoms with Gasteiger partial charge in [0.25, 0.3) is 0 Å². The number of likely N-dealkylation sites (tertiary alicyclic amines) is 1. The molecule has 1 amide bonds. The summed E-state index contributed by atoms with van der Waals surface area (Å²) in [4.78, 5) is 28.6. The van der Waals surface area contributed by atoms with Crippen LogP contribution >= 0.6 is 0 Å². The summed E-state index contributed by atoms with van der Waals surface area (Å²) in [5.41, 5.74) is 0. The number of carbonyl (C=O) groups excluding carboxylic acids is 2. The highest BCUT2D eigenvalue weighted by Gasteiger charge is 2.39. The molecule has 1 aliphatic carbocycles. The van der Waals surface area contributed by atoms with Crippen LogP contribution in [0.3, 0.4) is 0 Å². The molecule has 0 aromatic heterocycles. The summed E-state index contributed by atoms with van der Waals surface area (Å²) >= 11 is 0. The topological polar surface area (TPSA) is 49.9 Å². The number of esters is 1. The zero-order valence-electron chi connectivity index (χ0n) is 13.5. The van der Waals surface area contributed by atoms with Gasteiger partial charge in [-0.2, -0.15) is 0 Å². The summed E-state index contributed by atoms with van der Waals surface area (Å²) in [5.74, 6) is -0.0524. The summed E-state index contributed by atoms with van der Waals surface area (Å²) in [6.45, 7) is 5.19. The van der Waals surface area contributed by atoms with Crippen LogP contribution in [-0.4, -0.2) is 60.0 Å². The maximum absolute atomic E-state index is 12.8. The van der Waals surface area contributed by atoms with Gasteiger partial charge in [0.15, 0.2) is 0 Å². The molecule has 1 saturated carbocycles. The van der Waals surface area contributed by atoms with Gasteiger partial charge in [0.05, 0.1) is 19.7 Å². The normalized spacial score (nSPS) is 24.1. The highest BCUT2D eigenvalue weighted by atomic mass is 16.5. The summed E-state index contributed by atoms with van der Waals surface area (Å²) < 4.78 is 4.84. The number of hydrogen-bond donors (Lipinski definition) is 0. The molecule has 1 heterocycles. The zero-order chi connectivity index (χ0) is 15.4. The van der Waals surface area contributed by atoms with E-state index in [2.05, 4.69) is 18.7 Å². The Kier molecular flexibility index (Phi) is 5.62. The SMILES string of the molecule is COC(=O)CN(C1CCCC1)C1CCCN(C(C)C)C1=O. The van der Waals surface area contributed by atoms with Crippen molar-refractivity contribution in [2.75, 3.05) is 20.2 Å². The maximum atomic E-state index is 12.8. The second-order valence-electron chi connectivity index (χ2n) is 6.47. The average molecular weight is 296 g/mol. The predicted molar refractivity (Wildman–Crippen MR) is 80.8 cm³/mol. The van der Waals surface area contributed by atoms with Crippen LogP contribution in [0.25, 0.3) is 0 Å². The van der Waals surface area contributed by atoms with Crippen LogP contribution in [0.4, 0.5) is 0 Å². The van der Waals surface area contributed by atoms with Crippen molar-refractivity contribution in [3.05, 3.63) is 0 Å². The summed E-state index contributed by atoms with van der Waals surface area (Å²) in [6, 6.07) is 0.428. The Morgan fingerprint density at radius 3 is 2.52 bits per heavy atom. The molecule has 0 aromatic rings. The number of rotatable bonds is 5. The van der Waals surface area contributed by atoms with Gasteiger partial charge in [0, 0.05) is 18.6 Å². The van der Waals surface area contributed by atoms with Crippen molar-refractivity contribution in [1.29, 1.82) is 0 Å². The number of carbonyl (C=O) groups is 2. The number of hydrogen-bond acceptors (Lipinski definition) is 4. The number of nitrogens with zero attached hydrogens (tertiary/aromatic N) is 2. The molecule has 0 aromatic carbocycles. The monoisotopic (exact) mass is 296 g/mol. The first-order valence-electron chi connectivity index (χ1n) is 8.17. The lowest BCUT2D eigenvalue weighted by Gasteiger charge is -2.42. The third-order valence-corrected chi connectivity index (χ3v) is 4.80. The quantitative estimate of drug-likeness (QED) is 0.726. The molecule has 5 nitrogen and oxygen atoms in total. The fraction of sp³-hybridized carbons (Fsp3) is 0.875. The van der Waals surface area contributed by atoms with E-state index < -0.39 is 0 Å². The van der Waals surface area contributed by atoms with Crippen molar-refractivity contribution in [2.24, 2.45) is 0 Å². The fourth-order valence-electron chi connectivity index (χ4n) is 3.64. The van der Waals surface area contributed by atoms with E-state index in [1.54, 1.807) is 0 Å². The van der Waals surface area contributed by atoms with Crippen LogP contribution in [0.5, 0.6) is 0 Å². The van der Waals surface area contributed by atoms with Gasteiger partial charge in [-0.1, -0.05) is 12.8 Å². The molecule has 2 rings (SSSR count). The van der Waals surface area contributed by atoms with Gasteiger partial charge >= 0.3 is 5.97 Å². The van der Waals surface area contributed by atoms with Crippen LogP contribution in [-0.2, 0) is 14.3 Å². The molecular formula is C16H28N2O3. The van der Waals surface area contributed by atoms with E-state index in [0.717, 1.165) is 32.2 Å². The number of ether oxygens (including phenoxy) is 1. The summed E-state index contributed by atoms with van der Waals surface area (Å²) in [7, 11) is 1.41. The number of piperidine rings is 1. The van der Waals surface area contributed by atoms with Gasteiger partial charge in [0.2, 0.25) is 5.91 Å². The molecule has 0 N–H and O–H groups in total. The molecule has 5 heteroatoms. The van der Waals surface area contributed by atoms with Crippen LogP contribution in [0.15, 0.2) is 0 Å². The van der Waals surface area contributed by atoms with Crippen molar-refractivity contribution in [1.82, 2.24) is 9.80 Å². The second-order valence-corrected chi connectivity index (χ2v) is 6.47. The molecule has 1 aliphatic heterocycles. The molecule has 120 valence electrons. The lowest BCUT2D eigenvalue weighted by Crippen LogP contribution is -2.57. The van der Waals surface area contributed by atoms with E-state index >= 15 is 0 Å². The van der Waals surface area contributed by atoms with Crippen molar-refractivity contribution < 1.29 is 14.3 Å². The molecule has 0 radical (unpaired) electrons. The maximum Gasteiger partial charge on any atom is 0.319 e. The van der Waals surface area contributed by atoms with E-state index in [1.165, 1.54) is 20.0 Å². The van der Waals surface area contributed by atoms with E-state index in [0.29, 0.717) is 6.04 Å². The van der Waals surface area contributed by atoms with Crippen LogP contribution < -0.4 is 0 Å². The fourth-order valence-corrected chi connectivity index (χ4v) is 3.64. The van der Waals surface area contributed by atoms with Crippen molar-refractivity contribution in [2.45, 2.75) is 70.5 Å². The van der Waals surface area contributed by atoms with Gasteiger partial charge in [-0.3, -0.25) is 14.5 Å². The van der Waals surface area contributed by atoms with Gasteiger partial charge in [-0.25, -0.2) is 0 Å². The third kappa shape index (κ3) is 3.76. The Bertz CT molecular complexity index is 378. The van der Waals surface area contributed by atoms with Crippen LogP contribution in [0.1, 0.15) is 52.4 Å². The first-order chi connectivity index (χ1) is 10.0. The molecule has 0 spiro atoms. The van der Waals surface area contributed by atoms with Crippen molar-refractivity contribution >= 4 is 11.9 Å². The van der Waals surface area contributed by atoms with Crippen molar-refractivity contribution in [3.63, 3.8) is 0 Å². The molecule has 2 fully saturated rings. The summed E-state index contributed by atoms with van der Waals surface area (Å²) in [6.07, 6.45) is 6.42. The predicted octanol–water partition coefficient (Wildman–Crippen LogP) is 1.80. The minimum atomic E-state index is -0.239. The average Bonchev–Trinajstić information content (AvgIpc) is 2.98. The first kappa shape index (κ1) is 16.3. The lowest BCUT2D eigenvalue weighted by atomic mass is 9.99. The van der Waals surface area contributed by atoms with E-state index in [9.17, 15) is 9.59 Å². The zero-order valence-corrected chi connectivity index (χ0v) is 13.5. The van der Waals surface area contributed by atoms with Crippen LogP contribution in [0, 0.1) is 0 Å². The van der Waals surface area contributed by atoms with Gasteiger partial charge in [0.1, 0.15) is 0 Å². The smallest absolute Gasteiger partial charge is 0.319 e.